The van der Waals surface area contributed by atoms with Gasteiger partial charge in [0, 0.05) is 18.2 Å². The molecule has 0 N–H and O–H groups in total. The van der Waals surface area contributed by atoms with Crippen molar-refractivity contribution in [3.8, 4) is 11.5 Å². The molecule has 1 amide bonds. The summed E-state index contributed by atoms with van der Waals surface area (Å²) < 4.78 is 10.5. The van der Waals surface area contributed by atoms with Gasteiger partial charge in [-0.3, -0.25) is 4.79 Å². The van der Waals surface area contributed by atoms with Gasteiger partial charge in [-0.15, -0.1) is 0 Å². The summed E-state index contributed by atoms with van der Waals surface area (Å²) >= 11 is 6.23. The first-order valence-corrected chi connectivity index (χ1v) is 7.45. The molecular weight excluding hydrogens is 314 g/mol. The molecule has 0 saturated heterocycles. The molecule has 2 aromatic carbocycles. The van der Waals surface area contributed by atoms with Gasteiger partial charge in [-0.2, -0.15) is 0 Å². The minimum Gasteiger partial charge on any atom is -0.493 e. The highest BCUT2D eigenvalue weighted by molar-refractivity contribution is 6.36. The first-order chi connectivity index (χ1) is 11.1. The molecule has 0 aromatic heterocycles. The maximum Gasteiger partial charge on any atom is 0.258 e. The molecule has 0 spiro atoms. The number of para-hydroxylation sites is 1. The fourth-order valence-corrected chi connectivity index (χ4v) is 3.02. The Labute approximate surface area is 139 Å². The molecular formula is C18H16ClNO3. The lowest BCUT2D eigenvalue weighted by Crippen LogP contribution is -2.20. The average molecular weight is 330 g/mol. The van der Waals surface area contributed by atoms with E-state index in [2.05, 4.69) is 0 Å². The Kier molecular flexibility index (Phi) is 4.01. The van der Waals surface area contributed by atoms with Crippen LogP contribution in [-0.4, -0.2) is 27.2 Å². The average Bonchev–Trinajstić information content (AvgIpc) is 2.80. The van der Waals surface area contributed by atoms with Gasteiger partial charge in [0.25, 0.3) is 5.91 Å². The van der Waals surface area contributed by atoms with Crippen molar-refractivity contribution < 1.29 is 14.3 Å². The van der Waals surface area contributed by atoms with E-state index < -0.39 is 0 Å². The molecule has 0 radical (unpaired) electrons. The number of carbonyl (C=O) groups is 1. The maximum absolute atomic E-state index is 12.5. The molecule has 0 saturated carbocycles. The van der Waals surface area contributed by atoms with Crippen LogP contribution in [0.15, 0.2) is 36.4 Å². The Balaban J connectivity index is 2.12. The summed E-state index contributed by atoms with van der Waals surface area (Å²) in [4.78, 5) is 14.1. The van der Waals surface area contributed by atoms with Gasteiger partial charge >= 0.3 is 0 Å². The first-order valence-electron chi connectivity index (χ1n) is 7.07. The molecule has 0 unspecified atom stereocenters. The highest BCUT2D eigenvalue weighted by atomic mass is 35.5. The summed E-state index contributed by atoms with van der Waals surface area (Å²) in [7, 11) is 4.85. The molecule has 4 nitrogen and oxygen atoms in total. The van der Waals surface area contributed by atoms with E-state index in [1.807, 2.05) is 30.3 Å². The Morgan fingerprint density at radius 1 is 1.13 bits per heavy atom. The van der Waals surface area contributed by atoms with Crippen LogP contribution in [0.3, 0.4) is 0 Å². The molecule has 5 heteroatoms. The van der Waals surface area contributed by atoms with Crippen molar-refractivity contribution in [1.29, 1.82) is 0 Å². The van der Waals surface area contributed by atoms with Gasteiger partial charge in [0.15, 0.2) is 11.5 Å². The lowest BCUT2D eigenvalue weighted by molar-refractivity contribution is -0.112. The van der Waals surface area contributed by atoms with Gasteiger partial charge in [-0.1, -0.05) is 29.8 Å². The number of halogens is 1. The Morgan fingerprint density at radius 3 is 2.57 bits per heavy atom. The van der Waals surface area contributed by atoms with Crippen LogP contribution < -0.4 is 14.4 Å². The van der Waals surface area contributed by atoms with Crippen molar-refractivity contribution in [2.45, 2.75) is 0 Å². The molecule has 0 fully saturated rings. The van der Waals surface area contributed by atoms with E-state index in [1.165, 1.54) is 7.11 Å². The fraction of sp³-hybridized carbons (Fsp3) is 0.167. The molecule has 0 bridgehead atoms. The number of rotatable bonds is 3. The van der Waals surface area contributed by atoms with Crippen molar-refractivity contribution in [2.75, 3.05) is 26.2 Å². The van der Waals surface area contributed by atoms with Crippen LogP contribution in [0.25, 0.3) is 11.6 Å². The summed E-state index contributed by atoms with van der Waals surface area (Å²) in [5.74, 6) is 0.961. The molecule has 2 aromatic rings. The highest BCUT2D eigenvalue weighted by Crippen LogP contribution is 2.40. The molecule has 0 atom stereocenters. The van der Waals surface area contributed by atoms with Crippen LogP contribution in [0, 0.1) is 0 Å². The van der Waals surface area contributed by atoms with E-state index in [1.54, 1.807) is 31.2 Å². The Bertz CT molecular complexity index is 814. The SMILES string of the molecule is COc1cc(/C=C2/C(=O)N(C)c3ccccc32)cc(Cl)c1OC. The van der Waals surface area contributed by atoms with Crippen LogP contribution in [0.5, 0.6) is 11.5 Å². The van der Waals surface area contributed by atoms with Crippen LogP contribution in [-0.2, 0) is 4.79 Å². The maximum atomic E-state index is 12.5. The highest BCUT2D eigenvalue weighted by Gasteiger charge is 2.29. The number of carbonyl (C=O) groups excluding carboxylic acids is 1. The first kappa shape index (κ1) is 15.4. The zero-order valence-corrected chi connectivity index (χ0v) is 13.8. The molecule has 23 heavy (non-hydrogen) atoms. The Hall–Kier alpha value is -2.46. The monoisotopic (exact) mass is 329 g/mol. The largest absolute Gasteiger partial charge is 0.493 e. The summed E-state index contributed by atoms with van der Waals surface area (Å²) in [6.07, 6.45) is 1.82. The summed E-state index contributed by atoms with van der Waals surface area (Å²) in [5.41, 5.74) is 3.22. The third kappa shape index (κ3) is 2.55. The van der Waals surface area contributed by atoms with Gasteiger partial charge < -0.3 is 14.4 Å². The second kappa shape index (κ2) is 5.97. The number of hydrogen-bond donors (Lipinski definition) is 0. The van der Waals surface area contributed by atoms with Crippen molar-refractivity contribution in [1.82, 2.24) is 0 Å². The number of likely N-dealkylation sites (N-methyl/N-ethyl adjacent to an activating group) is 1. The Morgan fingerprint density at radius 2 is 1.87 bits per heavy atom. The van der Waals surface area contributed by atoms with Crippen LogP contribution in [0.1, 0.15) is 11.1 Å². The normalized spacial score (nSPS) is 15.0. The number of nitrogens with zero attached hydrogens (tertiary/aromatic N) is 1. The van der Waals surface area contributed by atoms with E-state index in [0.29, 0.717) is 22.1 Å². The topological polar surface area (TPSA) is 38.8 Å². The van der Waals surface area contributed by atoms with E-state index in [9.17, 15) is 4.79 Å². The summed E-state index contributed by atoms with van der Waals surface area (Å²) in [5, 5.41) is 0.436. The smallest absolute Gasteiger partial charge is 0.258 e. The lowest BCUT2D eigenvalue weighted by atomic mass is 10.0. The second-order valence-corrected chi connectivity index (χ2v) is 5.58. The van der Waals surface area contributed by atoms with Crippen molar-refractivity contribution in [3.05, 3.63) is 52.5 Å². The predicted molar refractivity (Wildman–Crippen MR) is 92.3 cm³/mol. The molecule has 1 aliphatic rings. The zero-order chi connectivity index (χ0) is 16.6. The lowest BCUT2D eigenvalue weighted by Gasteiger charge is -2.10. The van der Waals surface area contributed by atoms with Gasteiger partial charge in [0.2, 0.25) is 0 Å². The second-order valence-electron chi connectivity index (χ2n) is 5.18. The molecule has 3 rings (SSSR count). The zero-order valence-electron chi connectivity index (χ0n) is 13.1. The van der Waals surface area contributed by atoms with Gasteiger partial charge in [-0.25, -0.2) is 0 Å². The molecule has 0 aliphatic carbocycles. The molecule has 118 valence electrons. The van der Waals surface area contributed by atoms with E-state index in [0.717, 1.165) is 16.8 Å². The van der Waals surface area contributed by atoms with Crippen LogP contribution in [0.2, 0.25) is 5.02 Å². The number of methoxy groups -OCH3 is 2. The van der Waals surface area contributed by atoms with Crippen LogP contribution >= 0.6 is 11.6 Å². The number of amides is 1. The van der Waals surface area contributed by atoms with Crippen molar-refractivity contribution >= 4 is 34.8 Å². The third-order valence-corrected chi connectivity index (χ3v) is 4.14. The number of ether oxygens (including phenoxy) is 2. The minimum absolute atomic E-state index is 0.0443. The third-order valence-electron chi connectivity index (χ3n) is 3.86. The number of anilines is 1. The number of benzene rings is 2. The van der Waals surface area contributed by atoms with Crippen LogP contribution in [0.4, 0.5) is 5.69 Å². The standard InChI is InChI=1S/C18H16ClNO3/c1-20-15-7-5-4-6-12(15)13(18(20)21)8-11-9-14(19)17(23-3)16(10-11)22-2/h4-10H,1-3H3/b13-8+. The van der Waals surface area contributed by atoms with E-state index in [4.69, 9.17) is 21.1 Å². The van der Waals surface area contributed by atoms with Gasteiger partial charge in [-0.05, 0) is 29.8 Å². The number of fused-ring (bicyclic) bond motifs is 1. The number of hydrogen-bond acceptors (Lipinski definition) is 3. The molecule has 1 heterocycles. The minimum atomic E-state index is -0.0443. The van der Waals surface area contributed by atoms with E-state index in [-0.39, 0.29) is 5.91 Å². The van der Waals surface area contributed by atoms with Crippen molar-refractivity contribution in [2.24, 2.45) is 0 Å². The molecule has 1 aliphatic heterocycles. The fourth-order valence-electron chi connectivity index (χ4n) is 2.73. The summed E-state index contributed by atoms with van der Waals surface area (Å²) in [6, 6.07) is 11.2. The quantitative estimate of drug-likeness (QED) is 0.802. The van der Waals surface area contributed by atoms with E-state index >= 15 is 0 Å². The summed E-state index contributed by atoms with van der Waals surface area (Å²) in [6.45, 7) is 0. The van der Waals surface area contributed by atoms with Gasteiger partial charge in [0.1, 0.15) is 0 Å². The van der Waals surface area contributed by atoms with Crippen molar-refractivity contribution in [3.63, 3.8) is 0 Å². The predicted octanol–water partition coefficient (Wildman–Crippen LogP) is 3.87. The van der Waals surface area contributed by atoms with Gasteiger partial charge in [0.05, 0.1) is 24.9 Å².